The van der Waals surface area contributed by atoms with Gasteiger partial charge in [0.15, 0.2) is 11.6 Å². The normalized spacial score (nSPS) is 10.5. The van der Waals surface area contributed by atoms with E-state index in [9.17, 15) is 13.6 Å². The SMILES string of the molecule is O=C(Cc1ccc(F)c(F)c1)NCc1ccc(Br)s1. The summed E-state index contributed by atoms with van der Waals surface area (Å²) in [7, 11) is 0. The van der Waals surface area contributed by atoms with Gasteiger partial charge in [0.2, 0.25) is 5.91 Å². The topological polar surface area (TPSA) is 29.1 Å². The van der Waals surface area contributed by atoms with Crippen LogP contribution in [-0.2, 0) is 17.8 Å². The summed E-state index contributed by atoms with van der Waals surface area (Å²) in [6.45, 7) is 0.429. The molecule has 2 rings (SSSR count). The molecule has 2 nitrogen and oxygen atoms in total. The number of hydrogen-bond donors (Lipinski definition) is 1. The van der Waals surface area contributed by atoms with Crippen LogP contribution in [0.2, 0.25) is 0 Å². The van der Waals surface area contributed by atoms with E-state index >= 15 is 0 Å². The van der Waals surface area contributed by atoms with Crippen LogP contribution < -0.4 is 5.32 Å². The zero-order chi connectivity index (χ0) is 13.8. The highest BCUT2D eigenvalue weighted by molar-refractivity contribution is 9.11. The second kappa shape index (κ2) is 6.25. The number of thiophene rings is 1. The molecule has 0 aliphatic carbocycles. The molecule has 0 atom stereocenters. The molecule has 1 aromatic heterocycles. The Morgan fingerprint density at radius 1 is 1.21 bits per heavy atom. The summed E-state index contributed by atoms with van der Waals surface area (Å²) in [5, 5.41) is 2.73. The maximum atomic E-state index is 13.0. The fraction of sp³-hybridized carbons (Fsp3) is 0.154. The van der Waals surface area contributed by atoms with Gasteiger partial charge in [-0.25, -0.2) is 8.78 Å². The minimum Gasteiger partial charge on any atom is -0.351 e. The van der Waals surface area contributed by atoms with E-state index in [0.29, 0.717) is 12.1 Å². The molecule has 0 bridgehead atoms. The Morgan fingerprint density at radius 2 is 2.00 bits per heavy atom. The summed E-state index contributed by atoms with van der Waals surface area (Å²) < 4.78 is 26.7. The summed E-state index contributed by atoms with van der Waals surface area (Å²) >= 11 is 4.87. The average molecular weight is 346 g/mol. The predicted octanol–water partition coefficient (Wildman–Crippen LogP) is 3.65. The number of nitrogens with one attached hydrogen (secondary N) is 1. The predicted molar refractivity (Wildman–Crippen MR) is 73.9 cm³/mol. The molecule has 1 amide bonds. The molecule has 0 aliphatic rings. The summed E-state index contributed by atoms with van der Waals surface area (Å²) in [6, 6.07) is 7.28. The molecule has 1 N–H and O–H groups in total. The van der Waals surface area contributed by atoms with Gasteiger partial charge < -0.3 is 5.32 Å². The number of halogens is 3. The second-order valence-electron chi connectivity index (χ2n) is 3.91. The van der Waals surface area contributed by atoms with E-state index in [2.05, 4.69) is 21.2 Å². The number of amides is 1. The quantitative estimate of drug-likeness (QED) is 0.900. The van der Waals surface area contributed by atoms with Crippen LogP contribution in [0.1, 0.15) is 10.4 Å². The van der Waals surface area contributed by atoms with Crippen molar-refractivity contribution in [2.75, 3.05) is 0 Å². The number of carbonyl (C=O) groups is 1. The third kappa shape index (κ3) is 4.11. The Morgan fingerprint density at radius 3 is 2.63 bits per heavy atom. The minimum atomic E-state index is -0.938. The van der Waals surface area contributed by atoms with Crippen LogP contribution in [0.25, 0.3) is 0 Å². The molecule has 0 aliphatic heterocycles. The standard InChI is InChI=1S/C13H10BrF2NOS/c14-12-4-2-9(19-12)7-17-13(18)6-8-1-3-10(15)11(16)5-8/h1-5H,6-7H2,(H,17,18). The van der Waals surface area contributed by atoms with Gasteiger partial charge in [0.05, 0.1) is 16.8 Å². The van der Waals surface area contributed by atoms with Gasteiger partial charge in [0, 0.05) is 4.88 Å². The first-order chi connectivity index (χ1) is 9.04. The molecule has 0 saturated carbocycles. The Kier molecular flexibility index (Phi) is 4.66. The first-order valence-corrected chi connectivity index (χ1v) is 7.10. The maximum Gasteiger partial charge on any atom is 0.224 e. The van der Waals surface area contributed by atoms with Gasteiger partial charge in [-0.1, -0.05) is 6.07 Å². The molecule has 1 aromatic carbocycles. The van der Waals surface area contributed by atoms with Crippen molar-refractivity contribution in [3.63, 3.8) is 0 Å². The van der Waals surface area contributed by atoms with Crippen LogP contribution in [0, 0.1) is 11.6 Å². The lowest BCUT2D eigenvalue weighted by molar-refractivity contribution is -0.120. The Labute approximate surface area is 121 Å². The molecule has 0 fully saturated rings. The van der Waals surface area contributed by atoms with E-state index in [1.165, 1.54) is 17.4 Å². The lowest BCUT2D eigenvalue weighted by atomic mass is 10.1. The lowest BCUT2D eigenvalue weighted by Gasteiger charge is -2.04. The number of rotatable bonds is 4. The molecule has 1 heterocycles. The number of hydrogen-bond acceptors (Lipinski definition) is 2. The van der Waals surface area contributed by atoms with Gasteiger partial charge >= 0.3 is 0 Å². The van der Waals surface area contributed by atoms with Gasteiger partial charge in [-0.05, 0) is 45.8 Å². The van der Waals surface area contributed by atoms with Gasteiger partial charge in [-0.2, -0.15) is 0 Å². The van der Waals surface area contributed by atoms with Crippen molar-refractivity contribution in [3.8, 4) is 0 Å². The van der Waals surface area contributed by atoms with E-state index in [1.807, 2.05) is 12.1 Å². The zero-order valence-electron chi connectivity index (χ0n) is 9.75. The van der Waals surface area contributed by atoms with E-state index < -0.39 is 11.6 Å². The van der Waals surface area contributed by atoms with Crippen LogP contribution in [0.5, 0.6) is 0 Å². The van der Waals surface area contributed by atoms with Crippen LogP contribution in [0.3, 0.4) is 0 Å². The Balaban J connectivity index is 1.88. The first kappa shape index (κ1) is 14.1. The molecule has 0 radical (unpaired) electrons. The largest absolute Gasteiger partial charge is 0.351 e. The van der Waals surface area contributed by atoms with Crippen molar-refractivity contribution in [3.05, 3.63) is 56.2 Å². The van der Waals surface area contributed by atoms with Crippen molar-refractivity contribution in [2.24, 2.45) is 0 Å². The molecule has 100 valence electrons. The third-order valence-electron chi connectivity index (χ3n) is 2.44. The van der Waals surface area contributed by atoms with Crippen LogP contribution in [-0.4, -0.2) is 5.91 Å². The lowest BCUT2D eigenvalue weighted by Crippen LogP contribution is -2.24. The van der Waals surface area contributed by atoms with Gasteiger partial charge in [-0.15, -0.1) is 11.3 Å². The average Bonchev–Trinajstić information content (AvgIpc) is 2.77. The maximum absolute atomic E-state index is 13.0. The van der Waals surface area contributed by atoms with Crippen LogP contribution >= 0.6 is 27.3 Å². The van der Waals surface area contributed by atoms with Gasteiger partial charge in [0.1, 0.15) is 0 Å². The van der Waals surface area contributed by atoms with Crippen LogP contribution in [0.15, 0.2) is 34.1 Å². The highest BCUT2D eigenvalue weighted by Crippen LogP contribution is 2.21. The molecular formula is C13H10BrF2NOS. The van der Waals surface area contributed by atoms with Crippen molar-refractivity contribution in [1.82, 2.24) is 5.32 Å². The van der Waals surface area contributed by atoms with E-state index in [4.69, 9.17) is 0 Å². The summed E-state index contributed by atoms with van der Waals surface area (Å²) in [6.07, 6.45) is 0.0315. The monoisotopic (exact) mass is 345 g/mol. The molecule has 2 aromatic rings. The number of benzene rings is 1. The van der Waals surface area contributed by atoms with Crippen molar-refractivity contribution in [1.29, 1.82) is 0 Å². The highest BCUT2D eigenvalue weighted by Gasteiger charge is 2.07. The molecule has 0 saturated heterocycles. The molecule has 19 heavy (non-hydrogen) atoms. The molecule has 0 unspecified atom stereocenters. The molecular weight excluding hydrogens is 336 g/mol. The molecule has 6 heteroatoms. The van der Waals surface area contributed by atoms with E-state index in [1.54, 1.807) is 0 Å². The van der Waals surface area contributed by atoms with Crippen LogP contribution in [0.4, 0.5) is 8.78 Å². The Bertz CT molecular complexity index is 600. The summed E-state index contributed by atoms with van der Waals surface area (Å²) in [4.78, 5) is 12.7. The fourth-order valence-electron chi connectivity index (χ4n) is 1.53. The summed E-state index contributed by atoms with van der Waals surface area (Å²) in [5.74, 6) is -2.07. The second-order valence-corrected chi connectivity index (χ2v) is 6.46. The van der Waals surface area contributed by atoms with E-state index in [0.717, 1.165) is 20.8 Å². The van der Waals surface area contributed by atoms with Gasteiger partial charge in [0.25, 0.3) is 0 Å². The summed E-state index contributed by atoms with van der Waals surface area (Å²) in [5.41, 5.74) is 0.448. The fourth-order valence-corrected chi connectivity index (χ4v) is 2.95. The smallest absolute Gasteiger partial charge is 0.224 e. The minimum absolute atomic E-state index is 0.0315. The third-order valence-corrected chi connectivity index (χ3v) is 4.06. The van der Waals surface area contributed by atoms with Gasteiger partial charge in [-0.3, -0.25) is 4.79 Å². The number of carbonyl (C=O) groups excluding carboxylic acids is 1. The van der Waals surface area contributed by atoms with E-state index in [-0.39, 0.29) is 12.3 Å². The Hall–Kier alpha value is -1.27. The molecule has 0 spiro atoms. The van der Waals surface area contributed by atoms with Crippen molar-refractivity contribution >= 4 is 33.2 Å². The zero-order valence-corrected chi connectivity index (χ0v) is 12.2. The van der Waals surface area contributed by atoms with Crippen molar-refractivity contribution in [2.45, 2.75) is 13.0 Å². The highest BCUT2D eigenvalue weighted by atomic mass is 79.9. The van der Waals surface area contributed by atoms with Crippen molar-refractivity contribution < 1.29 is 13.6 Å². The first-order valence-electron chi connectivity index (χ1n) is 5.49.